The van der Waals surface area contributed by atoms with Gasteiger partial charge in [0.1, 0.15) is 11.1 Å². The van der Waals surface area contributed by atoms with E-state index in [1.54, 1.807) is 11.3 Å². The molecule has 3 nitrogen and oxygen atoms in total. The molecule has 0 bridgehead atoms. The first-order chi connectivity index (χ1) is 9.21. The van der Waals surface area contributed by atoms with Crippen LogP contribution in [-0.4, -0.2) is 5.91 Å². The molecule has 2 rings (SSSR count). The van der Waals surface area contributed by atoms with Gasteiger partial charge < -0.3 is 5.32 Å². The lowest BCUT2D eigenvalue weighted by atomic mass is 9.96. The average molecular weight is 276 g/mol. The van der Waals surface area contributed by atoms with Crippen LogP contribution in [0.25, 0.3) is 0 Å². The number of aryl methyl sites for hydroxylation is 1. The molecule has 1 amide bonds. The molecule has 1 aliphatic rings. The molecule has 0 fully saturated rings. The highest BCUT2D eigenvalue weighted by molar-refractivity contribution is 7.16. The van der Waals surface area contributed by atoms with Gasteiger partial charge in [-0.3, -0.25) is 4.79 Å². The zero-order valence-electron chi connectivity index (χ0n) is 11.6. The van der Waals surface area contributed by atoms with E-state index in [-0.39, 0.29) is 11.8 Å². The average Bonchev–Trinajstić information content (AvgIpc) is 2.77. The Morgan fingerprint density at radius 3 is 2.68 bits per heavy atom. The maximum atomic E-state index is 12.1. The van der Waals surface area contributed by atoms with Crippen molar-refractivity contribution in [2.24, 2.45) is 5.92 Å². The Morgan fingerprint density at radius 2 is 2.05 bits per heavy atom. The minimum Gasteiger partial charge on any atom is -0.316 e. The van der Waals surface area contributed by atoms with Crippen molar-refractivity contribution >= 4 is 22.2 Å². The molecule has 0 aliphatic heterocycles. The fourth-order valence-electron chi connectivity index (χ4n) is 2.65. The van der Waals surface area contributed by atoms with Crippen LogP contribution in [0, 0.1) is 17.2 Å². The Kier molecular flexibility index (Phi) is 4.60. The summed E-state index contributed by atoms with van der Waals surface area (Å²) in [6.45, 7) is 4.05. The molecule has 1 aliphatic carbocycles. The zero-order valence-corrected chi connectivity index (χ0v) is 12.4. The Morgan fingerprint density at radius 1 is 1.37 bits per heavy atom. The number of rotatable bonds is 4. The summed E-state index contributed by atoms with van der Waals surface area (Å²) < 4.78 is 0. The second-order valence-corrected chi connectivity index (χ2v) is 6.13. The van der Waals surface area contributed by atoms with Gasteiger partial charge in [-0.1, -0.05) is 13.8 Å². The van der Waals surface area contributed by atoms with Crippen molar-refractivity contribution in [2.75, 3.05) is 5.32 Å². The normalized spacial score (nSPS) is 14.0. The Hall–Kier alpha value is -1.34. The molecule has 0 aromatic carbocycles. The van der Waals surface area contributed by atoms with Crippen LogP contribution in [0.4, 0.5) is 5.00 Å². The fraction of sp³-hybridized carbons (Fsp3) is 0.600. The summed E-state index contributed by atoms with van der Waals surface area (Å²) in [5, 5.41) is 13.1. The smallest absolute Gasteiger partial charge is 0.228 e. The van der Waals surface area contributed by atoms with E-state index < -0.39 is 0 Å². The monoisotopic (exact) mass is 276 g/mol. The molecule has 0 atom stereocenters. The lowest BCUT2D eigenvalue weighted by molar-refractivity contribution is -0.120. The van der Waals surface area contributed by atoms with Gasteiger partial charge in [0.25, 0.3) is 0 Å². The van der Waals surface area contributed by atoms with Crippen molar-refractivity contribution in [3.8, 4) is 6.07 Å². The van der Waals surface area contributed by atoms with E-state index >= 15 is 0 Å². The van der Waals surface area contributed by atoms with E-state index in [2.05, 4.69) is 11.4 Å². The van der Waals surface area contributed by atoms with Crippen molar-refractivity contribution in [3.05, 3.63) is 16.0 Å². The summed E-state index contributed by atoms with van der Waals surface area (Å²) in [5.41, 5.74) is 1.89. The number of fused-ring (bicyclic) bond motifs is 1. The van der Waals surface area contributed by atoms with Crippen molar-refractivity contribution in [1.29, 1.82) is 5.26 Å². The molecule has 19 heavy (non-hydrogen) atoms. The van der Waals surface area contributed by atoms with Crippen LogP contribution in [0.15, 0.2) is 0 Å². The van der Waals surface area contributed by atoms with Gasteiger partial charge in [0.2, 0.25) is 5.91 Å². The minimum atomic E-state index is 0.0469. The van der Waals surface area contributed by atoms with E-state index in [4.69, 9.17) is 0 Å². The Bertz CT molecular complexity index is 509. The molecule has 0 spiro atoms. The molecule has 102 valence electrons. The van der Waals surface area contributed by atoms with Crippen molar-refractivity contribution in [3.63, 3.8) is 0 Å². The lowest BCUT2D eigenvalue weighted by Crippen LogP contribution is -2.21. The molecular formula is C15H20N2OS. The lowest BCUT2D eigenvalue weighted by Gasteiger charge is -2.11. The summed E-state index contributed by atoms with van der Waals surface area (Å²) >= 11 is 1.60. The molecule has 0 saturated carbocycles. The van der Waals surface area contributed by atoms with Gasteiger partial charge in [0.15, 0.2) is 0 Å². The van der Waals surface area contributed by atoms with Gasteiger partial charge in [-0.05, 0) is 44.1 Å². The summed E-state index contributed by atoms with van der Waals surface area (Å²) in [7, 11) is 0. The molecule has 0 saturated heterocycles. The quantitative estimate of drug-likeness (QED) is 0.907. The van der Waals surface area contributed by atoms with Crippen LogP contribution in [0.1, 0.15) is 55.5 Å². The largest absolute Gasteiger partial charge is 0.316 e. The standard InChI is InChI=1S/C15H20N2OS/c1-3-10(4-2)14(18)17-15-12(9-16)11-7-5-6-8-13(11)19-15/h10H,3-8H2,1-2H3,(H,17,18). The number of carbonyl (C=O) groups is 1. The molecule has 1 heterocycles. The third-order valence-corrected chi connectivity index (χ3v) is 5.08. The van der Waals surface area contributed by atoms with Crippen LogP contribution in [0.2, 0.25) is 0 Å². The highest BCUT2D eigenvalue weighted by Gasteiger charge is 2.23. The predicted molar refractivity (Wildman–Crippen MR) is 78.4 cm³/mol. The van der Waals surface area contributed by atoms with Gasteiger partial charge in [0.05, 0.1) is 5.56 Å². The maximum absolute atomic E-state index is 12.1. The molecule has 0 radical (unpaired) electrons. The number of hydrogen-bond donors (Lipinski definition) is 1. The van der Waals surface area contributed by atoms with Crippen molar-refractivity contribution < 1.29 is 4.79 Å². The van der Waals surface area contributed by atoms with Gasteiger partial charge in [0, 0.05) is 10.8 Å². The van der Waals surface area contributed by atoms with E-state index in [1.165, 1.54) is 16.9 Å². The third kappa shape index (κ3) is 2.82. The molecule has 0 unspecified atom stereocenters. The predicted octanol–water partition coefficient (Wildman–Crippen LogP) is 3.87. The summed E-state index contributed by atoms with van der Waals surface area (Å²) in [4.78, 5) is 13.4. The van der Waals surface area contributed by atoms with Crippen LogP contribution >= 0.6 is 11.3 Å². The van der Waals surface area contributed by atoms with Crippen molar-refractivity contribution in [2.45, 2.75) is 52.4 Å². The number of amides is 1. The Balaban J connectivity index is 2.23. The first-order valence-corrected chi connectivity index (χ1v) is 7.88. The summed E-state index contributed by atoms with van der Waals surface area (Å²) in [6, 6.07) is 2.28. The molecule has 1 aromatic heterocycles. The Labute approximate surface area is 118 Å². The van der Waals surface area contributed by atoms with Crippen LogP contribution < -0.4 is 5.32 Å². The highest BCUT2D eigenvalue weighted by atomic mass is 32.1. The fourth-order valence-corrected chi connectivity index (χ4v) is 3.89. The number of nitriles is 1. The minimum absolute atomic E-state index is 0.0469. The van der Waals surface area contributed by atoms with E-state index in [0.717, 1.165) is 37.1 Å². The van der Waals surface area contributed by atoms with E-state index in [0.29, 0.717) is 5.56 Å². The van der Waals surface area contributed by atoms with E-state index in [9.17, 15) is 10.1 Å². The topological polar surface area (TPSA) is 52.9 Å². The first kappa shape index (κ1) is 14.1. The maximum Gasteiger partial charge on any atom is 0.228 e. The van der Waals surface area contributed by atoms with E-state index in [1.807, 2.05) is 13.8 Å². The summed E-state index contributed by atoms with van der Waals surface area (Å²) in [5.74, 6) is 0.103. The highest BCUT2D eigenvalue weighted by Crippen LogP contribution is 2.37. The number of nitrogens with one attached hydrogen (secondary N) is 1. The number of thiophene rings is 1. The molecule has 4 heteroatoms. The van der Waals surface area contributed by atoms with Crippen LogP contribution in [0.5, 0.6) is 0 Å². The van der Waals surface area contributed by atoms with Crippen molar-refractivity contribution in [1.82, 2.24) is 0 Å². The summed E-state index contributed by atoms with van der Waals surface area (Å²) in [6.07, 6.45) is 6.06. The van der Waals surface area contributed by atoms with Gasteiger partial charge in [-0.2, -0.15) is 5.26 Å². The molecule has 1 N–H and O–H groups in total. The van der Waals surface area contributed by atoms with Crippen LogP contribution in [0.3, 0.4) is 0 Å². The molecular weight excluding hydrogens is 256 g/mol. The number of hydrogen-bond acceptors (Lipinski definition) is 3. The van der Waals surface area contributed by atoms with Gasteiger partial charge in [-0.15, -0.1) is 11.3 Å². The number of nitrogens with zero attached hydrogens (tertiary/aromatic N) is 1. The molecule has 1 aromatic rings. The van der Waals surface area contributed by atoms with Gasteiger partial charge in [-0.25, -0.2) is 0 Å². The first-order valence-electron chi connectivity index (χ1n) is 7.06. The van der Waals surface area contributed by atoms with Gasteiger partial charge >= 0.3 is 0 Å². The second kappa shape index (κ2) is 6.21. The number of carbonyl (C=O) groups excluding carboxylic acids is 1. The number of anilines is 1. The zero-order chi connectivity index (χ0) is 13.8. The SMILES string of the molecule is CCC(CC)C(=O)Nc1sc2c(c1C#N)CCCC2. The van der Waals surface area contributed by atoms with Crippen LogP contribution in [-0.2, 0) is 17.6 Å². The third-order valence-electron chi connectivity index (χ3n) is 3.88. The second-order valence-electron chi connectivity index (χ2n) is 5.03.